The summed E-state index contributed by atoms with van der Waals surface area (Å²) in [4.78, 5) is 24.8. The first-order chi connectivity index (χ1) is 10.6. The molecule has 0 unspecified atom stereocenters. The van der Waals surface area contributed by atoms with Gasteiger partial charge in [0.25, 0.3) is 11.5 Å². The van der Waals surface area contributed by atoms with Crippen LogP contribution in [0.1, 0.15) is 10.4 Å². The van der Waals surface area contributed by atoms with Gasteiger partial charge >= 0.3 is 0 Å². The van der Waals surface area contributed by atoms with Crippen LogP contribution in [0.3, 0.4) is 0 Å². The average molecular weight is 357 g/mol. The van der Waals surface area contributed by atoms with Gasteiger partial charge in [-0.2, -0.15) is 0 Å². The molecule has 3 rings (SSSR count). The number of carbonyl (C=O) groups excluding carboxylic acids is 1. The second-order valence-electron chi connectivity index (χ2n) is 4.92. The number of pyridine rings is 1. The smallest absolute Gasteiger partial charge is 0.263 e. The quantitative estimate of drug-likeness (QED) is 0.763. The number of anilines is 1. The zero-order valence-corrected chi connectivity index (χ0v) is 13.4. The van der Waals surface area contributed by atoms with Crippen LogP contribution in [-0.4, -0.2) is 10.5 Å². The van der Waals surface area contributed by atoms with E-state index in [9.17, 15) is 9.59 Å². The SMILES string of the molecule is Cn1c(=O)c(C(=O)Nc2ccccc2)cc2cccc(Br)c21. The largest absolute Gasteiger partial charge is 0.322 e. The molecule has 0 bridgehead atoms. The first-order valence-electron chi connectivity index (χ1n) is 6.72. The minimum Gasteiger partial charge on any atom is -0.322 e. The number of hydrogen-bond donors (Lipinski definition) is 1. The van der Waals surface area contributed by atoms with Crippen LogP contribution in [0.2, 0.25) is 0 Å². The van der Waals surface area contributed by atoms with Crippen molar-refractivity contribution in [3.05, 3.63) is 75.0 Å². The highest BCUT2D eigenvalue weighted by atomic mass is 79.9. The van der Waals surface area contributed by atoms with E-state index in [1.54, 1.807) is 25.2 Å². The Kier molecular flexibility index (Phi) is 3.81. The molecule has 0 saturated heterocycles. The van der Waals surface area contributed by atoms with Crippen LogP contribution in [0, 0.1) is 0 Å². The number of halogens is 1. The number of hydrogen-bond acceptors (Lipinski definition) is 2. The molecule has 5 heteroatoms. The second-order valence-corrected chi connectivity index (χ2v) is 5.77. The fourth-order valence-electron chi connectivity index (χ4n) is 2.38. The molecule has 22 heavy (non-hydrogen) atoms. The molecule has 110 valence electrons. The van der Waals surface area contributed by atoms with Gasteiger partial charge in [-0.1, -0.05) is 30.3 Å². The third-order valence-corrected chi connectivity index (χ3v) is 4.10. The fraction of sp³-hybridized carbons (Fsp3) is 0.0588. The maximum atomic E-state index is 12.4. The third-order valence-electron chi connectivity index (χ3n) is 3.46. The standard InChI is InChI=1S/C17H13BrN2O2/c1-20-15-11(6-5-9-14(15)18)10-13(17(20)22)16(21)19-12-7-3-2-4-8-12/h2-10H,1H3,(H,19,21). The van der Waals surface area contributed by atoms with Crippen molar-refractivity contribution in [3.63, 3.8) is 0 Å². The lowest BCUT2D eigenvalue weighted by Gasteiger charge is -2.10. The number of aryl methyl sites for hydroxylation is 1. The van der Waals surface area contributed by atoms with E-state index >= 15 is 0 Å². The van der Waals surface area contributed by atoms with Crippen LogP contribution in [0.15, 0.2) is 63.9 Å². The van der Waals surface area contributed by atoms with Crippen molar-refractivity contribution in [2.24, 2.45) is 7.05 Å². The van der Waals surface area contributed by atoms with Gasteiger partial charge in [0, 0.05) is 22.6 Å². The Morgan fingerprint density at radius 2 is 1.82 bits per heavy atom. The van der Waals surface area contributed by atoms with Gasteiger partial charge in [-0.15, -0.1) is 0 Å². The molecule has 3 aromatic rings. The summed E-state index contributed by atoms with van der Waals surface area (Å²) in [5.41, 5.74) is 1.22. The number of fused-ring (bicyclic) bond motifs is 1. The first-order valence-corrected chi connectivity index (χ1v) is 7.52. The van der Waals surface area contributed by atoms with Crippen molar-refractivity contribution in [3.8, 4) is 0 Å². The van der Waals surface area contributed by atoms with Crippen LogP contribution in [-0.2, 0) is 7.05 Å². The summed E-state index contributed by atoms with van der Waals surface area (Å²) in [7, 11) is 1.66. The third kappa shape index (κ3) is 2.55. The van der Waals surface area contributed by atoms with Crippen molar-refractivity contribution in [1.29, 1.82) is 0 Å². The van der Waals surface area contributed by atoms with Gasteiger partial charge in [0.05, 0.1) is 5.52 Å². The number of aromatic nitrogens is 1. The molecule has 0 aliphatic rings. The average Bonchev–Trinajstić information content (AvgIpc) is 2.51. The molecule has 0 aliphatic heterocycles. The van der Waals surface area contributed by atoms with Gasteiger partial charge in [-0.05, 0) is 40.2 Å². The molecular formula is C17H13BrN2O2. The van der Waals surface area contributed by atoms with Crippen LogP contribution < -0.4 is 10.9 Å². The molecule has 0 saturated carbocycles. The number of rotatable bonds is 2. The van der Waals surface area contributed by atoms with Gasteiger partial charge in [-0.25, -0.2) is 0 Å². The number of amides is 1. The van der Waals surface area contributed by atoms with E-state index in [2.05, 4.69) is 21.2 Å². The maximum Gasteiger partial charge on any atom is 0.263 e. The minimum atomic E-state index is -0.409. The highest BCUT2D eigenvalue weighted by Gasteiger charge is 2.15. The molecule has 1 amide bonds. The highest BCUT2D eigenvalue weighted by molar-refractivity contribution is 9.10. The monoisotopic (exact) mass is 356 g/mol. The van der Waals surface area contributed by atoms with Gasteiger partial charge < -0.3 is 9.88 Å². The van der Waals surface area contributed by atoms with E-state index in [1.807, 2.05) is 36.4 Å². The van der Waals surface area contributed by atoms with Crippen LogP contribution in [0.4, 0.5) is 5.69 Å². The lowest BCUT2D eigenvalue weighted by atomic mass is 10.1. The molecule has 1 heterocycles. The van der Waals surface area contributed by atoms with E-state index in [-0.39, 0.29) is 11.1 Å². The van der Waals surface area contributed by atoms with E-state index in [4.69, 9.17) is 0 Å². The molecule has 0 spiro atoms. The summed E-state index contributed by atoms with van der Waals surface area (Å²) in [5.74, 6) is -0.409. The molecule has 0 aliphatic carbocycles. The number of benzene rings is 2. The molecule has 1 aromatic heterocycles. The molecular weight excluding hydrogens is 344 g/mol. The van der Waals surface area contributed by atoms with Crippen molar-refractivity contribution < 1.29 is 4.79 Å². The Bertz CT molecular complexity index is 917. The summed E-state index contributed by atoms with van der Waals surface area (Å²) in [6, 6.07) is 16.3. The normalized spacial score (nSPS) is 10.6. The van der Waals surface area contributed by atoms with Crippen LogP contribution in [0.5, 0.6) is 0 Å². The molecule has 0 atom stereocenters. The van der Waals surface area contributed by atoms with Crippen molar-refractivity contribution in [1.82, 2.24) is 4.57 Å². The molecule has 4 nitrogen and oxygen atoms in total. The topological polar surface area (TPSA) is 51.1 Å². The number of nitrogens with zero attached hydrogens (tertiary/aromatic N) is 1. The van der Waals surface area contributed by atoms with Gasteiger partial charge in [0.15, 0.2) is 0 Å². The maximum absolute atomic E-state index is 12.4. The lowest BCUT2D eigenvalue weighted by molar-refractivity contribution is 0.102. The van der Waals surface area contributed by atoms with Gasteiger partial charge in [0.1, 0.15) is 5.56 Å². The minimum absolute atomic E-state index is 0.122. The predicted molar refractivity (Wildman–Crippen MR) is 91.3 cm³/mol. The Balaban J connectivity index is 2.10. The number of para-hydroxylation sites is 2. The lowest BCUT2D eigenvalue weighted by Crippen LogP contribution is -2.28. The molecule has 0 fully saturated rings. The Labute approximate surface area is 135 Å². The Morgan fingerprint density at radius 3 is 2.55 bits per heavy atom. The summed E-state index contributed by atoms with van der Waals surface area (Å²) >= 11 is 3.44. The molecule has 2 aromatic carbocycles. The predicted octanol–water partition coefficient (Wildman–Crippen LogP) is 3.55. The van der Waals surface area contributed by atoms with Crippen LogP contribution in [0.25, 0.3) is 10.9 Å². The van der Waals surface area contributed by atoms with E-state index in [0.29, 0.717) is 5.69 Å². The van der Waals surface area contributed by atoms with Gasteiger partial charge in [-0.3, -0.25) is 9.59 Å². The van der Waals surface area contributed by atoms with Crippen molar-refractivity contribution in [2.75, 3.05) is 5.32 Å². The summed E-state index contributed by atoms with van der Waals surface area (Å²) < 4.78 is 2.30. The molecule has 0 radical (unpaired) electrons. The summed E-state index contributed by atoms with van der Waals surface area (Å²) in [6.45, 7) is 0. The highest BCUT2D eigenvalue weighted by Crippen LogP contribution is 2.22. The summed E-state index contributed by atoms with van der Waals surface area (Å²) in [6.07, 6.45) is 0. The van der Waals surface area contributed by atoms with Crippen LogP contribution >= 0.6 is 15.9 Å². The number of carbonyl (C=O) groups is 1. The Morgan fingerprint density at radius 1 is 1.09 bits per heavy atom. The zero-order chi connectivity index (χ0) is 15.7. The van der Waals surface area contributed by atoms with Gasteiger partial charge in [0.2, 0.25) is 0 Å². The second kappa shape index (κ2) is 5.77. The first kappa shape index (κ1) is 14.5. The molecule has 1 N–H and O–H groups in total. The summed E-state index contributed by atoms with van der Waals surface area (Å²) in [5, 5.41) is 3.57. The van der Waals surface area contributed by atoms with E-state index in [1.165, 1.54) is 4.57 Å². The van der Waals surface area contributed by atoms with Crippen molar-refractivity contribution >= 4 is 38.4 Å². The van der Waals surface area contributed by atoms with E-state index in [0.717, 1.165) is 15.4 Å². The number of nitrogens with one attached hydrogen (secondary N) is 1. The van der Waals surface area contributed by atoms with E-state index < -0.39 is 5.91 Å². The van der Waals surface area contributed by atoms with Crippen molar-refractivity contribution in [2.45, 2.75) is 0 Å². The Hall–Kier alpha value is -2.40. The fourth-order valence-corrected chi connectivity index (χ4v) is 3.03. The zero-order valence-electron chi connectivity index (χ0n) is 11.8.